The fourth-order valence-corrected chi connectivity index (χ4v) is 2.47. The maximum absolute atomic E-state index is 11.7. The molecule has 130 valence electrons. The molecule has 0 aromatic heterocycles. The van der Waals surface area contributed by atoms with E-state index in [1.807, 2.05) is 30.3 Å². The number of benzene rings is 2. The van der Waals surface area contributed by atoms with Crippen molar-refractivity contribution in [2.24, 2.45) is 5.10 Å². The molecule has 0 aliphatic heterocycles. The Hall–Kier alpha value is -2.37. The van der Waals surface area contributed by atoms with E-state index in [1.165, 1.54) is 6.21 Å². The molecule has 0 heterocycles. The molecular formula is C18H17Cl2N3O2. The van der Waals surface area contributed by atoms with Gasteiger partial charge in [-0.3, -0.25) is 9.59 Å². The molecule has 0 radical (unpaired) electrons. The van der Waals surface area contributed by atoms with E-state index < -0.39 is 0 Å². The zero-order chi connectivity index (χ0) is 18.1. The number of halogens is 2. The van der Waals surface area contributed by atoms with Crippen molar-refractivity contribution in [3.05, 3.63) is 69.7 Å². The number of hydrogen-bond acceptors (Lipinski definition) is 3. The van der Waals surface area contributed by atoms with Crippen LogP contribution in [0.1, 0.15) is 24.0 Å². The molecule has 2 aromatic rings. The molecule has 5 nitrogen and oxygen atoms in total. The summed E-state index contributed by atoms with van der Waals surface area (Å²) in [6, 6.07) is 14.6. The molecule has 0 unspecified atom stereocenters. The lowest BCUT2D eigenvalue weighted by molar-refractivity contribution is -0.126. The molecule has 2 rings (SSSR count). The van der Waals surface area contributed by atoms with E-state index in [4.69, 9.17) is 23.2 Å². The van der Waals surface area contributed by atoms with Gasteiger partial charge >= 0.3 is 0 Å². The molecule has 0 spiro atoms. The second-order valence-electron chi connectivity index (χ2n) is 5.19. The van der Waals surface area contributed by atoms with Crippen molar-refractivity contribution < 1.29 is 9.59 Å². The number of nitrogens with zero attached hydrogens (tertiary/aromatic N) is 1. The van der Waals surface area contributed by atoms with Gasteiger partial charge in [0.15, 0.2) is 0 Å². The van der Waals surface area contributed by atoms with Crippen LogP contribution in [0.5, 0.6) is 0 Å². The highest BCUT2D eigenvalue weighted by Gasteiger charge is 2.07. The molecule has 0 bridgehead atoms. The molecule has 0 aliphatic carbocycles. The van der Waals surface area contributed by atoms with E-state index in [9.17, 15) is 9.59 Å². The molecule has 0 aliphatic rings. The van der Waals surface area contributed by atoms with Crippen molar-refractivity contribution in [3.8, 4) is 0 Å². The predicted octanol–water partition coefficient (Wildman–Crippen LogP) is 3.54. The highest BCUT2D eigenvalue weighted by atomic mass is 35.5. The van der Waals surface area contributed by atoms with Crippen LogP contribution < -0.4 is 10.7 Å². The molecular weight excluding hydrogens is 361 g/mol. The SMILES string of the molecule is O=C(CCC(=O)N/N=C/c1c(Cl)cccc1Cl)NCc1ccccc1. The van der Waals surface area contributed by atoms with E-state index in [0.29, 0.717) is 22.2 Å². The maximum atomic E-state index is 11.7. The summed E-state index contributed by atoms with van der Waals surface area (Å²) in [5, 5.41) is 7.44. The van der Waals surface area contributed by atoms with Crippen LogP contribution in [0.2, 0.25) is 10.0 Å². The Balaban J connectivity index is 1.71. The number of carbonyl (C=O) groups excluding carboxylic acids is 2. The van der Waals surface area contributed by atoms with E-state index in [1.54, 1.807) is 18.2 Å². The predicted molar refractivity (Wildman–Crippen MR) is 99.7 cm³/mol. The summed E-state index contributed by atoms with van der Waals surface area (Å²) in [4.78, 5) is 23.5. The van der Waals surface area contributed by atoms with Crippen molar-refractivity contribution in [2.75, 3.05) is 0 Å². The Morgan fingerprint density at radius 3 is 2.24 bits per heavy atom. The second-order valence-corrected chi connectivity index (χ2v) is 6.01. The molecule has 0 saturated heterocycles. The Kier molecular flexibility index (Phi) is 7.44. The summed E-state index contributed by atoms with van der Waals surface area (Å²) >= 11 is 12.0. The highest BCUT2D eigenvalue weighted by Crippen LogP contribution is 2.21. The highest BCUT2D eigenvalue weighted by molar-refractivity contribution is 6.38. The largest absolute Gasteiger partial charge is 0.352 e. The topological polar surface area (TPSA) is 70.6 Å². The number of nitrogens with one attached hydrogen (secondary N) is 2. The van der Waals surface area contributed by atoms with Gasteiger partial charge in [-0.25, -0.2) is 5.43 Å². The van der Waals surface area contributed by atoms with Gasteiger partial charge in [-0.1, -0.05) is 59.6 Å². The van der Waals surface area contributed by atoms with Crippen molar-refractivity contribution in [2.45, 2.75) is 19.4 Å². The summed E-state index contributed by atoms with van der Waals surface area (Å²) in [6.45, 7) is 0.435. The minimum atomic E-state index is -0.366. The first-order valence-electron chi connectivity index (χ1n) is 7.63. The van der Waals surface area contributed by atoms with Gasteiger partial charge in [0, 0.05) is 24.9 Å². The summed E-state index contributed by atoms with van der Waals surface area (Å²) in [7, 11) is 0. The van der Waals surface area contributed by atoms with Crippen molar-refractivity contribution >= 4 is 41.2 Å². The zero-order valence-electron chi connectivity index (χ0n) is 13.3. The smallest absolute Gasteiger partial charge is 0.240 e. The van der Waals surface area contributed by atoms with Crippen LogP contribution in [-0.2, 0) is 16.1 Å². The average molecular weight is 378 g/mol. The number of amides is 2. The lowest BCUT2D eigenvalue weighted by Gasteiger charge is -2.05. The van der Waals surface area contributed by atoms with Crippen LogP contribution in [0, 0.1) is 0 Å². The van der Waals surface area contributed by atoms with E-state index >= 15 is 0 Å². The maximum Gasteiger partial charge on any atom is 0.240 e. The van der Waals surface area contributed by atoms with Crippen LogP contribution in [0.15, 0.2) is 53.6 Å². The van der Waals surface area contributed by atoms with Crippen LogP contribution in [-0.4, -0.2) is 18.0 Å². The third-order valence-electron chi connectivity index (χ3n) is 3.29. The monoisotopic (exact) mass is 377 g/mol. The zero-order valence-corrected chi connectivity index (χ0v) is 14.8. The van der Waals surface area contributed by atoms with E-state index in [2.05, 4.69) is 15.8 Å². The van der Waals surface area contributed by atoms with E-state index in [-0.39, 0.29) is 24.7 Å². The van der Waals surface area contributed by atoms with Crippen LogP contribution in [0.3, 0.4) is 0 Å². The van der Waals surface area contributed by atoms with Gasteiger partial charge < -0.3 is 5.32 Å². The van der Waals surface area contributed by atoms with Gasteiger partial charge in [0.1, 0.15) is 0 Å². The van der Waals surface area contributed by atoms with Crippen LogP contribution in [0.25, 0.3) is 0 Å². The van der Waals surface area contributed by atoms with Crippen molar-refractivity contribution in [1.82, 2.24) is 10.7 Å². The Morgan fingerprint density at radius 1 is 0.920 bits per heavy atom. The summed E-state index contributed by atoms with van der Waals surface area (Å²) in [5.41, 5.74) is 3.87. The molecule has 2 N–H and O–H groups in total. The van der Waals surface area contributed by atoms with Crippen LogP contribution >= 0.6 is 23.2 Å². The molecule has 2 aromatic carbocycles. The third-order valence-corrected chi connectivity index (χ3v) is 3.95. The molecule has 0 saturated carbocycles. The van der Waals surface area contributed by atoms with Crippen LogP contribution in [0.4, 0.5) is 0 Å². The standard InChI is InChI=1S/C18H17Cl2N3O2/c19-15-7-4-8-16(20)14(15)12-22-23-18(25)10-9-17(24)21-11-13-5-2-1-3-6-13/h1-8,12H,9-11H2,(H,21,24)(H,23,25)/b22-12+. The van der Waals surface area contributed by atoms with Crippen molar-refractivity contribution in [3.63, 3.8) is 0 Å². The fraction of sp³-hybridized carbons (Fsp3) is 0.167. The Labute approximate surface area is 156 Å². The minimum absolute atomic E-state index is 0.0359. The lowest BCUT2D eigenvalue weighted by Crippen LogP contribution is -2.25. The normalized spacial score (nSPS) is 10.6. The Morgan fingerprint density at radius 2 is 1.56 bits per heavy atom. The quantitative estimate of drug-likeness (QED) is 0.572. The summed E-state index contributed by atoms with van der Waals surface area (Å²) in [5.74, 6) is -0.564. The number of hydrazone groups is 1. The van der Waals surface area contributed by atoms with E-state index in [0.717, 1.165) is 5.56 Å². The van der Waals surface area contributed by atoms with Gasteiger partial charge in [-0.2, -0.15) is 5.10 Å². The third kappa shape index (κ3) is 6.57. The van der Waals surface area contributed by atoms with Gasteiger partial charge in [0.05, 0.1) is 16.3 Å². The second kappa shape index (κ2) is 9.81. The van der Waals surface area contributed by atoms with Gasteiger partial charge in [-0.15, -0.1) is 0 Å². The molecule has 2 amide bonds. The van der Waals surface area contributed by atoms with Gasteiger partial charge in [0.2, 0.25) is 11.8 Å². The molecule has 0 fully saturated rings. The molecule has 25 heavy (non-hydrogen) atoms. The van der Waals surface area contributed by atoms with Crippen molar-refractivity contribution in [1.29, 1.82) is 0 Å². The number of hydrogen-bond donors (Lipinski definition) is 2. The first-order chi connectivity index (χ1) is 12.1. The fourth-order valence-electron chi connectivity index (χ4n) is 1.97. The lowest BCUT2D eigenvalue weighted by atomic mass is 10.2. The first kappa shape index (κ1) is 19.0. The molecule has 0 atom stereocenters. The average Bonchev–Trinajstić information content (AvgIpc) is 2.61. The summed E-state index contributed by atoms with van der Waals surface area (Å²) < 4.78 is 0. The molecule has 7 heteroatoms. The Bertz CT molecular complexity index is 744. The summed E-state index contributed by atoms with van der Waals surface area (Å²) in [6.07, 6.45) is 1.49. The first-order valence-corrected chi connectivity index (χ1v) is 8.38. The van der Waals surface area contributed by atoms with Gasteiger partial charge in [0.25, 0.3) is 0 Å². The van der Waals surface area contributed by atoms with Gasteiger partial charge in [-0.05, 0) is 17.7 Å². The number of rotatable bonds is 7. The minimum Gasteiger partial charge on any atom is -0.352 e. The number of carbonyl (C=O) groups is 2.